The highest BCUT2D eigenvalue weighted by molar-refractivity contribution is 7.21. The molecule has 0 radical (unpaired) electrons. The minimum absolute atomic E-state index is 0.0668. The van der Waals surface area contributed by atoms with E-state index in [0.29, 0.717) is 45.9 Å². The van der Waals surface area contributed by atoms with E-state index in [9.17, 15) is 24.3 Å². The number of rotatable bonds is 14. The van der Waals surface area contributed by atoms with Gasteiger partial charge >= 0.3 is 11.9 Å². The van der Waals surface area contributed by atoms with E-state index in [1.807, 2.05) is 12.1 Å². The number of aryl methyl sites for hydroxylation is 1. The summed E-state index contributed by atoms with van der Waals surface area (Å²) in [5.41, 5.74) is 0.874. The van der Waals surface area contributed by atoms with E-state index in [2.05, 4.69) is 0 Å². The number of carboxylic acids is 2. The summed E-state index contributed by atoms with van der Waals surface area (Å²) >= 11 is 2.40. The number of fused-ring (bicyclic) bond motifs is 2. The monoisotopic (exact) mass is 642 g/mol. The van der Waals surface area contributed by atoms with E-state index < -0.39 is 35.5 Å². The van der Waals surface area contributed by atoms with E-state index in [4.69, 9.17) is 19.3 Å². The lowest BCUT2D eigenvalue weighted by molar-refractivity contribution is -0.146. The lowest BCUT2D eigenvalue weighted by atomic mass is 9.71. The summed E-state index contributed by atoms with van der Waals surface area (Å²) < 4.78 is 33.8. The van der Waals surface area contributed by atoms with Crippen LogP contribution in [0.25, 0.3) is 20.2 Å². The van der Waals surface area contributed by atoms with Gasteiger partial charge in [0.15, 0.2) is 28.9 Å². The Hall–Kier alpha value is -4.03. The number of Topliss-reactive ketones (excluding diaryl/α,β-unsaturated/α-hetero) is 2. The van der Waals surface area contributed by atoms with Crippen molar-refractivity contribution in [2.75, 3.05) is 20.8 Å². The number of halogens is 1. The molecule has 0 spiro atoms. The highest BCUT2D eigenvalue weighted by Crippen LogP contribution is 2.43. The third-order valence-corrected chi connectivity index (χ3v) is 10.3. The molecule has 9 nitrogen and oxygen atoms in total. The Morgan fingerprint density at radius 1 is 0.932 bits per heavy atom. The van der Waals surface area contributed by atoms with Crippen molar-refractivity contribution < 1.29 is 48.0 Å². The van der Waals surface area contributed by atoms with Gasteiger partial charge < -0.3 is 24.4 Å². The fraction of sp³-hybridized carbons (Fsp3) is 0.375. The summed E-state index contributed by atoms with van der Waals surface area (Å²) in [5, 5.41) is 19.5. The summed E-state index contributed by atoms with van der Waals surface area (Å²) in [7, 11) is 2.96. The van der Waals surface area contributed by atoms with Gasteiger partial charge in [0.1, 0.15) is 5.75 Å². The van der Waals surface area contributed by atoms with E-state index in [1.165, 1.54) is 31.4 Å². The zero-order valence-corrected chi connectivity index (χ0v) is 25.9. The van der Waals surface area contributed by atoms with Crippen LogP contribution in [0.2, 0.25) is 0 Å². The summed E-state index contributed by atoms with van der Waals surface area (Å²) in [6.07, 6.45) is 1.91. The number of carboxylic acid groups (broad SMARTS) is 2. The maximum absolute atomic E-state index is 15.6. The second-order valence-corrected chi connectivity index (χ2v) is 13.0. The largest absolute Gasteiger partial charge is 0.496 e. The van der Waals surface area contributed by atoms with Crippen LogP contribution in [0.3, 0.4) is 0 Å². The normalized spacial score (nSPS) is 16.8. The Morgan fingerprint density at radius 3 is 2.25 bits per heavy atom. The zero-order chi connectivity index (χ0) is 31.7. The number of ether oxygens (including phenoxy) is 3. The van der Waals surface area contributed by atoms with E-state index in [1.54, 1.807) is 19.2 Å². The molecule has 0 aliphatic heterocycles. The van der Waals surface area contributed by atoms with Crippen LogP contribution < -0.4 is 14.2 Å². The van der Waals surface area contributed by atoms with Crippen molar-refractivity contribution >= 4 is 66.4 Å². The molecule has 1 saturated carbocycles. The van der Waals surface area contributed by atoms with Gasteiger partial charge in [0.2, 0.25) is 0 Å². The lowest BCUT2D eigenvalue weighted by Gasteiger charge is -2.31. The predicted molar refractivity (Wildman–Crippen MR) is 164 cm³/mol. The number of benzene rings is 2. The molecule has 5 rings (SSSR count). The molecule has 0 amide bonds. The highest BCUT2D eigenvalue weighted by Gasteiger charge is 2.42. The maximum atomic E-state index is 15.6. The van der Waals surface area contributed by atoms with E-state index >= 15 is 4.39 Å². The number of hydrogen-bond acceptors (Lipinski definition) is 9. The van der Waals surface area contributed by atoms with E-state index in [0.717, 1.165) is 27.0 Å². The smallest absolute Gasteiger partial charge is 0.307 e. The van der Waals surface area contributed by atoms with Gasteiger partial charge in [0.05, 0.1) is 42.4 Å². The number of thiophene rings is 2. The van der Waals surface area contributed by atoms with Crippen LogP contribution in [0.4, 0.5) is 4.39 Å². The molecule has 1 aliphatic rings. The highest BCUT2D eigenvalue weighted by atomic mass is 32.1. The van der Waals surface area contributed by atoms with Gasteiger partial charge in [0, 0.05) is 33.2 Å². The Balaban J connectivity index is 1.28. The van der Waals surface area contributed by atoms with E-state index in [-0.39, 0.29) is 41.5 Å². The third-order valence-electron chi connectivity index (χ3n) is 8.02. The third kappa shape index (κ3) is 6.14. The average molecular weight is 643 g/mol. The minimum Gasteiger partial charge on any atom is -0.496 e. The Kier molecular flexibility index (Phi) is 9.21. The summed E-state index contributed by atoms with van der Waals surface area (Å²) in [6.45, 7) is 1.65. The fourth-order valence-electron chi connectivity index (χ4n) is 5.34. The first-order valence-corrected chi connectivity index (χ1v) is 15.7. The Labute approximate surface area is 260 Å². The predicted octanol–water partition coefficient (Wildman–Crippen LogP) is 6.87. The first kappa shape index (κ1) is 31.4. The second-order valence-electron chi connectivity index (χ2n) is 10.9. The van der Waals surface area contributed by atoms with Gasteiger partial charge in [0.25, 0.3) is 0 Å². The van der Waals surface area contributed by atoms with Crippen molar-refractivity contribution in [2.45, 2.75) is 39.0 Å². The number of hydrogen-bond donors (Lipinski definition) is 2. The molecule has 0 saturated heterocycles. The van der Waals surface area contributed by atoms with Crippen molar-refractivity contribution in [2.24, 2.45) is 17.8 Å². The molecule has 1 aliphatic carbocycles. The molecule has 2 aromatic carbocycles. The molecule has 12 heteroatoms. The average Bonchev–Trinajstić information content (AvgIpc) is 3.59. The summed E-state index contributed by atoms with van der Waals surface area (Å²) in [5.74, 6) is -4.48. The molecule has 4 aromatic rings. The van der Waals surface area contributed by atoms with Crippen LogP contribution in [-0.4, -0.2) is 54.5 Å². The van der Waals surface area contributed by atoms with Crippen molar-refractivity contribution in [3.8, 4) is 17.2 Å². The second kappa shape index (κ2) is 12.9. The van der Waals surface area contributed by atoms with Crippen LogP contribution in [0, 0.1) is 23.6 Å². The first-order chi connectivity index (χ1) is 21.0. The maximum Gasteiger partial charge on any atom is 0.307 e. The van der Waals surface area contributed by atoms with Gasteiger partial charge in [-0.3, -0.25) is 19.2 Å². The lowest BCUT2D eigenvalue weighted by Crippen LogP contribution is -2.37. The quantitative estimate of drug-likeness (QED) is 0.112. The standard InChI is InChI=1S/C32H31FO9S2/c1-15(31(36)37)9-21(34)26-11-17-10-16(22(40-2)13-24(17)43-26)5-4-8-42-30-23(41-3)14-25-20(28(30)33)12-27(44-25)29(35)18-6-7-19(18)32(38)39/h10-15,18-19H,4-9H2,1-3H3,(H,36,37)(H,38,39)/t15-,18+,19?/m0/s1. The SMILES string of the molecule is COc1cc2sc(C(=O)C[C@H](C)C(=O)O)cc2cc1CCCOc1c(OC)cc2sc(C(=O)[C@@H]3CCC3C(=O)O)cc2c1F. The molecule has 2 N–H and O–H groups in total. The van der Waals surface area contributed by atoms with Crippen molar-refractivity contribution in [1.29, 1.82) is 0 Å². The van der Waals surface area contributed by atoms with Gasteiger partial charge in [-0.2, -0.15) is 0 Å². The van der Waals surface area contributed by atoms with Crippen LogP contribution in [-0.2, 0) is 16.0 Å². The molecule has 2 aromatic heterocycles. The zero-order valence-electron chi connectivity index (χ0n) is 24.3. The summed E-state index contributed by atoms with van der Waals surface area (Å²) in [6, 6.07) is 8.62. The fourth-order valence-corrected chi connectivity index (χ4v) is 7.45. The van der Waals surface area contributed by atoms with Gasteiger partial charge in [-0.05, 0) is 60.9 Å². The van der Waals surface area contributed by atoms with Gasteiger partial charge in [-0.15, -0.1) is 22.7 Å². The molecule has 1 unspecified atom stereocenters. The molecule has 2 heterocycles. The number of carbonyl (C=O) groups excluding carboxylic acids is 2. The van der Waals surface area contributed by atoms with Crippen LogP contribution in [0.15, 0.2) is 30.3 Å². The minimum atomic E-state index is -1.02. The van der Waals surface area contributed by atoms with Gasteiger partial charge in [-0.25, -0.2) is 4.39 Å². The number of carbonyl (C=O) groups is 4. The topological polar surface area (TPSA) is 136 Å². The van der Waals surface area contributed by atoms with Crippen LogP contribution in [0.5, 0.6) is 17.2 Å². The molecule has 3 atom stereocenters. The van der Waals surface area contributed by atoms with Crippen molar-refractivity contribution in [1.82, 2.24) is 0 Å². The van der Waals surface area contributed by atoms with Gasteiger partial charge in [-0.1, -0.05) is 6.92 Å². The van der Waals surface area contributed by atoms with Crippen LogP contribution in [0.1, 0.15) is 57.5 Å². The van der Waals surface area contributed by atoms with Crippen LogP contribution >= 0.6 is 22.7 Å². The molecule has 44 heavy (non-hydrogen) atoms. The summed E-state index contributed by atoms with van der Waals surface area (Å²) in [4.78, 5) is 48.9. The first-order valence-electron chi connectivity index (χ1n) is 14.1. The number of ketones is 2. The molecule has 0 bridgehead atoms. The van der Waals surface area contributed by atoms with Crippen molar-refractivity contribution in [3.05, 3.63) is 51.5 Å². The molecule has 232 valence electrons. The van der Waals surface area contributed by atoms with Crippen molar-refractivity contribution in [3.63, 3.8) is 0 Å². The Bertz CT molecular complexity index is 1770. The number of aliphatic carboxylic acids is 2. The molecular formula is C32H31FO9S2. The molecular weight excluding hydrogens is 611 g/mol. The molecule has 1 fully saturated rings. The number of methoxy groups -OCH3 is 2. The Morgan fingerprint density at radius 2 is 1.61 bits per heavy atom.